The van der Waals surface area contributed by atoms with Crippen molar-refractivity contribution in [2.24, 2.45) is 0 Å². The van der Waals surface area contributed by atoms with Gasteiger partial charge in [0.2, 0.25) is 0 Å². The van der Waals surface area contributed by atoms with E-state index in [0.717, 1.165) is 34.2 Å². The predicted molar refractivity (Wildman–Crippen MR) is 79.8 cm³/mol. The minimum absolute atomic E-state index is 0.0888. The standard InChI is InChI=1S/C15H18N2O2S/c1-10-9-20-15(17-10)14(16-2)11-4-5-12-13(8-11)19-7-3-6-18-12/h4-5,8-9,14,16H,3,6-7H2,1-2H3. The van der Waals surface area contributed by atoms with E-state index in [4.69, 9.17) is 9.47 Å². The summed E-state index contributed by atoms with van der Waals surface area (Å²) in [5.74, 6) is 1.66. The molecule has 1 atom stereocenters. The van der Waals surface area contributed by atoms with Crippen molar-refractivity contribution in [3.05, 3.63) is 39.8 Å². The van der Waals surface area contributed by atoms with E-state index in [-0.39, 0.29) is 6.04 Å². The summed E-state index contributed by atoms with van der Waals surface area (Å²) in [5.41, 5.74) is 2.20. The van der Waals surface area contributed by atoms with Crippen LogP contribution in [0.25, 0.3) is 0 Å². The molecule has 1 aliphatic heterocycles. The summed E-state index contributed by atoms with van der Waals surface area (Å²) < 4.78 is 11.4. The number of nitrogens with one attached hydrogen (secondary N) is 1. The van der Waals surface area contributed by atoms with Crippen LogP contribution in [-0.4, -0.2) is 25.2 Å². The monoisotopic (exact) mass is 290 g/mol. The SMILES string of the molecule is CNC(c1ccc2c(c1)OCCCO2)c1nc(C)cs1. The van der Waals surface area contributed by atoms with Crippen LogP contribution in [-0.2, 0) is 0 Å². The first kappa shape index (κ1) is 13.4. The second-order valence-electron chi connectivity index (χ2n) is 4.81. The van der Waals surface area contributed by atoms with E-state index in [1.807, 2.05) is 20.0 Å². The fourth-order valence-corrected chi connectivity index (χ4v) is 3.23. The Balaban J connectivity index is 1.94. The lowest BCUT2D eigenvalue weighted by atomic mass is 10.1. The van der Waals surface area contributed by atoms with Crippen LogP contribution in [0.1, 0.15) is 28.7 Å². The number of hydrogen-bond acceptors (Lipinski definition) is 5. The molecule has 0 amide bonds. The van der Waals surface area contributed by atoms with Gasteiger partial charge >= 0.3 is 0 Å². The lowest BCUT2D eigenvalue weighted by Gasteiger charge is -2.16. The van der Waals surface area contributed by atoms with Gasteiger partial charge < -0.3 is 14.8 Å². The normalized spacial score (nSPS) is 15.7. The number of aromatic nitrogens is 1. The average Bonchev–Trinajstić information content (AvgIpc) is 2.75. The molecule has 106 valence electrons. The van der Waals surface area contributed by atoms with E-state index in [0.29, 0.717) is 13.2 Å². The average molecular weight is 290 g/mol. The minimum Gasteiger partial charge on any atom is -0.490 e. The molecule has 1 unspecified atom stereocenters. The number of aryl methyl sites for hydroxylation is 1. The Hall–Kier alpha value is -1.59. The van der Waals surface area contributed by atoms with Gasteiger partial charge in [-0.25, -0.2) is 4.98 Å². The lowest BCUT2D eigenvalue weighted by molar-refractivity contribution is 0.297. The molecule has 0 bridgehead atoms. The van der Waals surface area contributed by atoms with Crippen LogP contribution in [0, 0.1) is 6.92 Å². The first-order valence-corrected chi connectivity index (χ1v) is 7.65. The van der Waals surface area contributed by atoms with E-state index >= 15 is 0 Å². The third-order valence-electron chi connectivity index (χ3n) is 3.28. The third-order valence-corrected chi connectivity index (χ3v) is 4.30. The van der Waals surface area contributed by atoms with E-state index < -0.39 is 0 Å². The molecule has 2 aromatic rings. The Bertz CT molecular complexity index is 597. The van der Waals surface area contributed by atoms with Crippen LogP contribution in [0.2, 0.25) is 0 Å². The summed E-state index contributed by atoms with van der Waals surface area (Å²) in [6.07, 6.45) is 0.922. The Labute approximate surface area is 122 Å². The van der Waals surface area contributed by atoms with Crippen molar-refractivity contribution in [3.8, 4) is 11.5 Å². The molecule has 1 N–H and O–H groups in total. The molecule has 0 radical (unpaired) electrons. The van der Waals surface area contributed by atoms with Gasteiger partial charge in [0.25, 0.3) is 0 Å². The van der Waals surface area contributed by atoms with Crippen LogP contribution < -0.4 is 14.8 Å². The van der Waals surface area contributed by atoms with Crippen molar-refractivity contribution in [1.29, 1.82) is 0 Å². The Kier molecular flexibility index (Phi) is 3.89. The molecule has 3 rings (SSSR count). The van der Waals surface area contributed by atoms with Crippen molar-refractivity contribution in [2.75, 3.05) is 20.3 Å². The molecule has 2 heterocycles. The van der Waals surface area contributed by atoms with Gasteiger partial charge in [0, 0.05) is 17.5 Å². The van der Waals surface area contributed by atoms with Gasteiger partial charge in [-0.05, 0) is 31.7 Å². The molecule has 0 fully saturated rings. The van der Waals surface area contributed by atoms with E-state index in [1.54, 1.807) is 11.3 Å². The summed E-state index contributed by atoms with van der Waals surface area (Å²) >= 11 is 1.67. The molecule has 1 aliphatic rings. The minimum atomic E-state index is 0.0888. The van der Waals surface area contributed by atoms with Gasteiger partial charge in [-0.2, -0.15) is 0 Å². The van der Waals surface area contributed by atoms with E-state index in [9.17, 15) is 0 Å². The fraction of sp³-hybridized carbons (Fsp3) is 0.400. The topological polar surface area (TPSA) is 43.4 Å². The molecule has 0 spiro atoms. The molecule has 0 saturated heterocycles. The highest BCUT2D eigenvalue weighted by atomic mass is 32.1. The smallest absolute Gasteiger partial charge is 0.161 e. The highest BCUT2D eigenvalue weighted by Crippen LogP contribution is 2.34. The number of benzene rings is 1. The molecule has 0 saturated carbocycles. The van der Waals surface area contributed by atoms with Crippen molar-refractivity contribution in [1.82, 2.24) is 10.3 Å². The van der Waals surface area contributed by atoms with Crippen LogP contribution >= 0.6 is 11.3 Å². The van der Waals surface area contributed by atoms with Crippen LogP contribution in [0.5, 0.6) is 11.5 Å². The van der Waals surface area contributed by atoms with Crippen molar-refractivity contribution < 1.29 is 9.47 Å². The van der Waals surface area contributed by atoms with Gasteiger partial charge in [-0.3, -0.25) is 0 Å². The zero-order chi connectivity index (χ0) is 13.9. The highest BCUT2D eigenvalue weighted by molar-refractivity contribution is 7.09. The Morgan fingerprint density at radius 2 is 2.05 bits per heavy atom. The first-order valence-electron chi connectivity index (χ1n) is 6.77. The zero-order valence-corrected chi connectivity index (χ0v) is 12.5. The molecular formula is C15H18N2O2S. The van der Waals surface area contributed by atoms with Gasteiger partial charge in [0.05, 0.1) is 19.3 Å². The maximum Gasteiger partial charge on any atom is 0.161 e. The molecule has 1 aromatic heterocycles. The van der Waals surface area contributed by atoms with Crippen LogP contribution in [0.4, 0.5) is 0 Å². The second kappa shape index (κ2) is 5.81. The van der Waals surface area contributed by atoms with Gasteiger partial charge in [0.1, 0.15) is 5.01 Å². The maximum absolute atomic E-state index is 5.76. The summed E-state index contributed by atoms with van der Waals surface area (Å²) in [6.45, 7) is 3.44. The summed E-state index contributed by atoms with van der Waals surface area (Å²) in [6, 6.07) is 6.20. The van der Waals surface area contributed by atoms with Crippen LogP contribution in [0.15, 0.2) is 23.6 Å². The zero-order valence-electron chi connectivity index (χ0n) is 11.7. The predicted octanol–water partition coefficient (Wildman–Crippen LogP) is 2.92. The quantitative estimate of drug-likeness (QED) is 0.944. The lowest BCUT2D eigenvalue weighted by Crippen LogP contribution is -2.17. The summed E-state index contributed by atoms with van der Waals surface area (Å²) in [5, 5.41) is 6.46. The van der Waals surface area contributed by atoms with E-state index in [2.05, 4.69) is 27.8 Å². The number of ether oxygens (including phenoxy) is 2. The van der Waals surface area contributed by atoms with Gasteiger partial charge in [0.15, 0.2) is 11.5 Å². The maximum atomic E-state index is 5.76. The molecule has 4 nitrogen and oxygen atoms in total. The van der Waals surface area contributed by atoms with Crippen molar-refractivity contribution in [2.45, 2.75) is 19.4 Å². The largest absolute Gasteiger partial charge is 0.490 e. The number of nitrogens with zero attached hydrogens (tertiary/aromatic N) is 1. The van der Waals surface area contributed by atoms with Gasteiger partial charge in [-0.1, -0.05) is 6.07 Å². The molecule has 1 aromatic carbocycles. The fourth-order valence-electron chi connectivity index (χ4n) is 2.30. The third kappa shape index (κ3) is 2.64. The van der Waals surface area contributed by atoms with Crippen LogP contribution in [0.3, 0.4) is 0 Å². The highest BCUT2D eigenvalue weighted by Gasteiger charge is 2.18. The second-order valence-corrected chi connectivity index (χ2v) is 5.70. The number of fused-ring (bicyclic) bond motifs is 1. The Morgan fingerprint density at radius 1 is 1.25 bits per heavy atom. The number of thiazole rings is 1. The van der Waals surface area contributed by atoms with E-state index in [1.165, 1.54) is 0 Å². The molecular weight excluding hydrogens is 272 g/mol. The van der Waals surface area contributed by atoms with Crippen molar-refractivity contribution >= 4 is 11.3 Å². The summed E-state index contributed by atoms with van der Waals surface area (Å²) in [4.78, 5) is 4.57. The molecule has 0 aliphatic carbocycles. The summed E-state index contributed by atoms with van der Waals surface area (Å²) in [7, 11) is 1.95. The Morgan fingerprint density at radius 3 is 2.75 bits per heavy atom. The molecule has 5 heteroatoms. The number of rotatable bonds is 3. The van der Waals surface area contributed by atoms with Crippen molar-refractivity contribution in [3.63, 3.8) is 0 Å². The first-order chi connectivity index (χ1) is 9.78. The molecule has 20 heavy (non-hydrogen) atoms. The number of hydrogen-bond donors (Lipinski definition) is 1. The van der Waals surface area contributed by atoms with Gasteiger partial charge in [-0.15, -0.1) is 11.3 Å².